The SMILES string of the molecule is CCOC(=O)c1c(C)oc2nc(Nc3cccc(C)c3)n3c(COc4cccc(C)c4)nnc3c12. The van der Waals surface area contributed by atoms with Crippen LogP contribution in [0.2, 0.25) is 0 Å². The zero-order valence-corrected chi connectivity index (χ0v) is 20.0. The Labute approximate surface area is 201 Å². The second-order valence-electron chi connectivity index (χ2n) is 8.24. The Morgan fingerprint density at radius 3 is 2.57 bits per heavy atom. The van der Waals surface area contributed by atoms with Gasteiger partial charge in [-0.1, -0.05) is 24.3 Å². The third-order valence-electron chi connectivity index (χ3n) is 5.55. The van der Waals surface area contributed by atoms with Crippen molar-refractivity contribution < 1.29 is 18.7 Å². The molecular weight excluding hydrogens is 446 g/mol. The first-order valence-corrected chi connectivity index (χ1v) is 11.3. The number of fused-ring (bicyclic) bond motifs is 3. The summed E-state index contributed by atoms with van der Waals surface area (Å²) in [5.74, 6) is 1.58. The van der Waals surface area contributed by atoms with E-state index in [-0.39, 0.29) is 18.9 Å². The maximum absolute atomic E-state index is 12.7. The fourth-order valence-corrected chi connectivity index (χ4v) is 3.99. The monoisotopic (exact) mass is 471 g/mol. The molecule has 0 unspecified atom stereocenters. The van der Waals surface area contributed by atoms with Crippen LogP contribution in [0.1, 0.15) is 40.0 Å². The van der Waals surface area contributed by atoms with Crippen molar-refractivity contribution in [3.05, 3.63) is 76.8 Å². The standard InChI is InChI=1S/C26H25N5O4/c1-5-33-25(32)21-17(4)35-24-22(21)23-30-29-20(14-34-19-11-7-9-16(3)13-19)31(23)26(28-24)27-18-10-6-8-15(2)12-18/h6-13H,5,14H2,1-4H3,(H,27,28). The molecule has 5 rings (SSSR count). The Bertz CT molecular complexity index is 1550. The molecule has 0 radical (unpaired) electrons. The number of anilines is 2. The van der Waals surface area contributed by atoms with E-state index in [0.29, 0.717) is 34.1 Å². The molecule has 0 fully saturated rings. The molecule has 1 N–H and O–H groups in total. The second kappa shape index (κ2) is 9.09. The molecule has 35 heavy (non-hydrogen) atoms. The normalized spacial score (nSPS) is 11.2. The Hall–Kier alpha value is -4.40. The predicted octanol–water partition coefficient (Wildman–Crippen LogP) is 5.30. The molecule has 178 valence electrons. The van der Waals surface area contributed by atoms with Crippen LogP contribution < -0.4 is 10.1 Å². The van der Waals surface area contributed by atoms with E-state index in [0.717, 1.165) is 22.6 Å². The maximum Gasteiger partial charge on any atom is 0.342 e. The zero-order chi connectivity index (χ0) is 24.5. The predicted molar refractivity (Wildman–Crippen MR) is 131 cm³/mol. The lowest BCUT2D eigenvalue weighted by Gasteiger charge is -2.11. The first kappa shape index (κ1) is 22.4. The molecule has 0 saturated heterocycles. The molecule has 0 bridgehead atoms. The van der Waals surface area contributed by atoms with Crippen molar-refractivity contribution >= 4 is 34.4 Å². The van der Waals surface area contributed by atoms with Crippen LogP contribution in [0.5, 0.6) is 5.75 Å². The molecule has 5 aromatic rings. The van der Waals surface area contributed by atoms with Gasteiger partial charge in [0.1, 0.15) is 29.1 Å². The summed E-state index contributed by atoms with van der Waals surface area (Å²) in [5, 5.41) is 12.6. The number of aromatic nitrogens is 4. The number of hydrogen-bond acceptors (Lipinski definition) is 8. The fraction of sp³-hybridized carbons (Fsp3) is 0.231. The van der Waals surface area contributed by atoms with Gasteiger partial charge >= 0.3 is 5.97 Å². The highest BCUT2D eigenvalue weighted by Gasteiger charge is 2.27. The first-order chi connectivity index (χ1) is 16.9. The van der Waals surface area contributed by atoms with Crippen LogP contribution in [0.4, 0.5) is 11.6 Å². The molecule has 0 spiro atoms. The minimum Gasteiger partial charge on any atom is -0.486 e. The van der Waals surface area contributed by atoms with Crippen molar-refractivity contribution in [2.24, 2.45) is 0 Å². The number of hydrogen-bond donors (Lipinski definition) is 1. The lowest BCUT2D eigenvalue weighted by Crippen LogP contribution is -2.09. The molecule has 9 heteroatoms. The van der Waals surface area contributed by atoms with Gasteiger partial charge in [0.2, 0.25) is 11.7 Å². The highest BCUT2D eigenvalue weighted by atomic mass is 16.5. The minimum absolute atomic E-state index is 0.145. The molecule has 9 nitrogen and oxygen atoms in total. The van der Waals surface area contributed by atoms with Crippen LogP contribution in [-0.4, -0.2) is 32.2 Å². The van der Waals surface area contributed by atoms with Crippen molar-refractivity contribution in [1.82, 2.24) is 19.6 Å². The van der Waals surface area contributed by atoms with Crippen LogP contribution in [-0.2, 0) is 11.3 Å². The van der Waals surface area contributed by atoms with Gasteiger partial charge in [-0.25, -0.2) is 9.20 Å². The number of nitrogens with one attached hydrogen (secondary N) is 1. The van der Waals surface area contributed by atoms with E-state index in [9.17, 15) is 4.79 Å². The third-order valence-corrected chi connectivity index (χ3v) is 5.55. The number of benzene rings is 2. The Balaban J connectivity index is 1.66. The second-order valence-corrected chi connectivity index (χ2v) is 8.24. The highest BCUT2D eigenvalue weighted by molar-refractivity contribution is 6.09. The smallest absolute Gasteiger partial charge is 0.342 e. The van der Waals surface area contributed by atoms with Crippen molar-refractivity contribution in [1.29, 1.82) is 0 Å². The number of aryl methyl sites for hydroxylation is 3. The van der Waals surface area contributed by atoms with Crippen LogP contribution in [0, 0.1) is 20.8 Å². The summed E-state index contributed by atoms with van der Waals surface area (Å²) in [6.45, 7) is 7.86. The minimum atomic E-state index is -0.493. The molecule has 0 aliphatic carbocycles. The lowest BCUT2D eigenvalue weighted by atomic mass is 10.2. The number of carbonyl (C=O) groups is 1. The van der Waals surface area contributed by atoms with Gasteiger partial charge in [-0.05, 0) is 63.1 Å². The fourth-order valence-electron chi connectivity index (χ4n) is 3.99. The molecule has 3 aromatic heterocycles. The molecule has 3 heterocycles. The van der Waals surface area contributed by atoms with Crippen LogP contribution >= 0.6 is 0 Å². The van der Waals surface area contributed by atoms with Crippen molar-refractivity contribution in [2.45, 2.75) is 34.3 Å². The van der Waals surface area contributed by atoms with E-state index in [2.05, 4.69) is 15.5 Å². The number of furan rings is 1. The van der Waals surface area contributed by atoms with Crippen LogP contribution in [0.3, 0.4) is 0 Å². The van der Waals surface area contributed by atoms with Gasteiger partial charge in [0.25, 0.3) is 0 Å². The zero-order valence-electron chi connectivity index (χ0n) is 20.0. The molecule has 2 aromatic carbocycles. The molecular formula is C26H25N5O4. The number of nitrogens with zero attached hydrogens (tertiary/aromatic N) is 4. The van der Waals surface area contributed by atoms with Gasteiger partial charge in [0.05, 0.1) is 6.61 Å². The van der Waals surface area contributed by atoms with Gasteiger partial charge in [-0.2, -0.15) is 4.98 Å². The van der Waals surface area contributed by atoms with Crippen molar-refractivity contribution in [2.75, 3.05) is 11.9 Å². The molecule has 0 aliphatic heterocycles. The van der Waals surface area contributed by atoms with Crippen molar-refractivity contribution in [3.63, 3.8) is 0 Å². The summed E-state index contributed by atoms with van der Waals surface area (Å²) in [6.07, 6.45) is 0. The topological polar surface area (TPSA) is 104 Å². The number of esters is 1. The maximum atomic E-state index is 12.7. The summed E-state index contributed by atoms with van der Waals surface area (Å²) in [6, 6.07) is 15.7. The van der Waals surface area contributed by atoms with Crippen LogP contribution in [0.25, 0.3) is 16.7 Å². The summed E-state index contributed by atoms with van der Waals surface area (Å²) >= 11 is 0. The molecule has 0 saturated carbocycles. The third kappa shape index (κ3) is 4.28. The summed E-state index contributed by atoms with van der Waals surface area (Å²) < 4.78 is 18.9. The molecule has 0 aliphatic rings. The average molecular weight is 472 g/mol. The largest absolute Gasteiger partial charge is 0.486 e. The van der Waals surface area contributed by atoms with Gasteiger partial charge in [-0.3, -0.25) is 0 Å². The van der Waals surface area contributed by atoms with Gasteiger partial charge in [-0.15, -0.1) is 10.2 Å². The van der Waals surface area contributed by atoms with E-state index >= 15 is 0 Å². The van der Waals surface area contributed by atoms with Gasteiger partial charge in [0.15, 0.2) is 11.5 Å². The Morgan fingerprint density at radius 2 is 1.83 bits per heavy atom. The van der Waals surface area contributed by atoms with Gasteiger partial charge in [0, 0.05) is 5.69 Å². The number of ether oxygens (including phenoxy) is 2. The van der Waals surface area contributed by atoms with E-state index in [1.165, 1.54) is 0 Å². The summed E-state index contributed by atoms with van der Waals surface area (Å²) in [7, 11) is 0. The molecule has 0 amide bonds. The quantitative estimate of drug-likeness (QED) is 0.319. The Kier molecular flexibility index (Phi) is 5.82. The lowest BCUT2D eigenvalue weighted by molar-refractivity contribution is 0.0526. The van der Waals surface area contributed by atoms with E-state index in [1.54, 1.807) is 18.2 Å². The van der Waals surface area contributed by atoms with Crippen LogP contribution in [0.15, 0.2) is 52.9 Å². The van der Waals surface area contributed by atoms with Crippen molar-refractivity contribution in [3.8, 4) is 5.75 Å². The first-order valence-electron chi connectivity index (χ1n) is 11.3. The number of carbonyl (C=O) groups excluding carboxylic acids is 1. The van der Waals surface area contributed by atoms with E-state index in [1.807, 2.05) is 62.4 Å². The highest BCUT2D eigenvalue weighted by Crippen LogP contribution is 2.32. The average Bonchev–Trinajstić information content (AvgIpc) is 3.38. The van der Waals surface area contributed by atoms with E-state index in [4.69, 9.17) is 18.9 Å². The Morgan fingerprint density at radius 1 is 1.06 bits per heavy atom. The summed E-state index contributed by atoms with van der Waals surface area (Å²) in [4.78, 5) is 17.4. The van der Waals surface area contributed by atoms with Gasteiger partial charge < -0.3 is 19.2 Å². The summed E-state index contributed by atoms with van der Waals surface area (Å²) in [5.41, 5.74) is 4.01. The molecule has 0 atom stereocenters. The van der Waals surface area contributed by atoms with E-state index < -0.39 is 5.97 Å². The number of rotatable bonds is 7.